The number of hydrogen-bond donors (Lipinski definition) is 1. The van der Waals surface area contributed by atoms with Gasteiger partial charge in [-0.05, 0) is 31.7 Å². The molecule has 1 aromatic carbocycles. The first kappa shape index (κ1) is 16.2. The summed E-state index contributed by atoms with van der Waals surface area (Å²) in [4.78, 5) is 24.6. The van der Waals surface area contributed by atoms with Crippen molar-refractivity contribution in [1.82, 2.24) is 15.1 Å². The second kappa shape index (κ2) is 6.73. The van der Waals surface area contributed by atoms with Gasteiger partial charge in [-0.3, -0.25) is 9.59 Å². The summed E-state index contributed by atoms with van der Waals surface area (Å²) in [6.07, 6.45) is 1.98. The Balaban J connectivity index is 2.29. The molecule has 0 fully saturated rings. The van der Waals surface area contributed by atoms with Crippen molar-refractivity contribution < 1.29 is 4.79 Å². The van der Waals surface area contributed by atoms with Crippen LogP contribution in [0.2, 0.25) is 0 Å². The maximum absolute atomic E-state index is 12.5. The Morgan fingerprint density at radius 3 is 2.45 bits per heavy atom. The van der Waals surface area contributed by atoms with Crippen LogP contribution in [-0.2, 0) is 7.05 Å². The third-order valence-electron chi connectivity index (χ3n) is 3.73. The van der Waals surface area contributed by atoms with Crippen molar-refractivity contribution in [3.05, 3.63) is 40.3 Å². The minimum Gasteiger partial charge on any atom is -0.348 e. The van der Waals surface area contributed by atoms with Gasteiger partial charge in [-0.15, -0.1) is 0 Å². The smallest absolute Gasteiger partial charge is 0.274 e. The van der Waals surface area contributed by atoms with Crippen molar-refractivity contribution in [2.75, 3.05) is 0 Å². The van der Waals surface area contributed by atoms with Crippen molar-refractivity contribution >= 4 is 16.7 Å². The molecule has 0 aliphatic carbocycles. The van der Waals surface area contributed by atoms with Crippen LogP contribution in [0.3, 0.4) is 0 Å². The fourth-order valence-corrected chi connectivity index (χ4v) is 2.42. The quantitative estimate of drug-likeness (QED) is 0.923. The number of rotatable bonds is 5. The standard InChI is InChI=1S/C17H23N3O2/c1-11(2)9-10-12(3)18-16(21)15-13-7-5-6-8-14(13)17(22)20(4)19-15/h5-8,11-12H,9-10H2,1-4H3,(H,18,21)/t12-/m0/s1. The molecule has 1 atom stereocenters. The molecule has 5 heteroatoms. The van der Waals surface area contributed by atoms with Gasteiger partial charge in [0.2, 0.25) is 0 Å². The molecule has 0 bridgehead atoms. The molecule has 5 nitrogen and oxygen atoms in total. The summed E-state index contributed by atoms with van der Waals surface area (Å²) >= 11 is 0. The van der Waals surface area contributed by atoms with Crippen molar-refractivity contribution in [1.29, 1.82) is 0 Å². The van der Waals surface area contributed by atoms with Gasteiger partial charge in [0.15, 0.2) is 5.69 Å². The molecule has 0 spiro atoms. The molecule has 0 unspecified atom stereocenters. The van der Waals surface area contributed by atoms with Gasteiger partial charge in [0.05, 0.1) is 5.39 Å². The Bertz CT molecular complexity index is 734. The van der Waals surface area contributed by atoms with E-state index >= 15 is 0 Å². The molecule has 0 aliphatic heterocycles. The number of nitrogens with one attached hydrogen (secondary N) is 1. The summed E-state index contributed by atoms with van der Waals surface area (Å²) in [6, 6.07) is 7.15. The average molecular weight is 301 g/mol. The molecule has 1 amide bonds. The van der Waals surface area contributed by atoms with E-state index in [2.05, 4.69) is 24.3 Å². The van der Waals surface area contributed by atoms with Crippen molar-refractivity contribution in [3.8, 4) is 0 Å². The second-order valence-electron chi connectivity index (χ2n) is 6.17. The third kappa shape index (κ3) is 3.53. The van der Waals surface area contributed by atoms with E-state index in [9.17, 15) is 9.59 Å². The molecule has 118 valence electrons. The largest absolute Gasteiger partial charge is 0.348 e. The lowest BCUT2D eigenvalue weighted by atomic mass is 10.0. The van der Waals surface area contributed by atoms with Crippen LogP contribution in [0, 0.1) is 5.92 Å². The van der Waals surface area contributed by atoms with Crippen LogP contribution in [0.15, 0.2) is 29.1 Å². The summed E-state index contributed by atoms with van der Waals surface area (Å²) in [7, 11) is 1.56. The maximum atomic E-state index is 12.5. The van der Waals surface area contributed by atoms with E-state index in [1.807, 2.05) is 13.0 Å². The van der Waals surface area contributed by atoms with E-state index in [0.717, 1.165) is 12.8 Å². The zero-order chi connectivity index (χ0) is 16.3. The third-order valence-corrected chi connectivity index (χ3v) is 3.73. The number of fused-ring (bicyclic) bond motifs is 1. The lowest BCUT2D eigenvalue weighted by Crippen LogP contribution is -2.35. The van der Waals surface area contributed by atoms with E-state index in [0.29, 0.717) is 22.4 Å². The lowest BCUT2D eigenvalue weighted by molar-refractivity contribution is 0.0932. The highest BCUT2D eigenvalue weighted by Gasteiger charge is 2.17. The molecule has 2 aromatic rings. The van der Waals surface area contributed by atoms with Crippen molar-refractivity contribution in [3.63, 3.8) is 0 Å². The predicted molar refractivity (Wildman–Crippen MR) is 88.0 cm³/mol. The van der Waals surface area contributed by atoms with Crippen LogP contribution in [0.5, 0.6) is 0 Å². The molecule has 1 heterocycles. The minimum absolute atomic E-state index is 0.0766. The highest BCUT2D eigenvalue weighted by molar-refractivity contribution is 6.04. The number of aryl methyl sites for hydroxylation is 1. The zero-order valence-corrected chi connectivity index (χ0v) is 13.6. The van der Waals surface area contributed by atoms with Crippen molar-refractivity contribution in [2.45, 2.75) is 39.7 Å². The van der Waals surface area contributed by atoms with Gasteiger partial charge in [0.25, 0.3) is 11.5 Å². The first-order valence-corrected chi connectivity index (χ1v) is 7.67. The van der Waals surface area contributed by atoms with Gasteiger partial charge >= 0.3 is 0 Å². The normalized spacial score (nSPS) is 12.6. The summed E-state index contributed by atoms with van der Waals surface area (Å²) in [5.41, 5.74) is 0.106. The monoisotopic (exact) mass is 301 g/mol. The summed E-state index contributed by atoms with van der Waals surface area (Å²) in [6.45, 7) is 6.32. The Labute approximate surface area is 130 Å². The summed E-state index contributed by atoms with van der Waals surface area (Å²) in [5.74, 6) is 0.374. The van der Waals surface area contributed by atoms with Crippen LogP contribution in [0.4, 0.5) is 0 Å². The molecule has 2 rings (SSSR count). The first-order valence-electron chi connectivity index (χ1n) is 7.67. The molecule has 1 aromatic heterocycles. The first-order chi connectivity index (χ1) is 10.4. The molecule has 0 saturated carbocycles. The van der Waals surface area contributed by atoms with Crippen LogP contribution in [-0.4, -0.2) is 21.7 Å². The number of carbonyl (C=O) groups excluding carboxylic acids is 1. The number of hydrogen-bond acceptors (Lipinski definition) is 3. The van der Waals surface area contributed by atoms with E-state index in [4.69, 9.17) is 0 Å². The highest BCUT2D eigenvalue weighted by atomic mass is 16.2. The number of amides is 1. The molecule has 0 saturated heterocycles. The van der Waals surface area contributed by atoms with E-state index in [1.165, 1.54) is 4.68 Å². The highest BCUT2D eigenvalue weighted by Crippen LogP contribution is 2.13. The lowest BCUT2D eigenvalue weighted by Gasteiger charge is -2.15. The fourth-order valence-electron chi connectivity index (χ4n) is 2.42. The number of carbonyl (C=O) groups is 1. The van der Waals surface area contributed by atoms with Gasteiger partial charge in [0.1, 0.15) is 0 Å². The Morgan fingerprint density at radius 1 is 1.18 bits per heavy atom. The van der Waals surface area contributed by atoms with Crippen molar-refractivity contribution in [2.24, 2.45) is 13.0 Å². The van der Waals surface area contributed by atoms with Crippen LogP contribution in [0.1, 0.15) is 44.1 Å². The van der Waals surface area contributed by atoms with Gasteiger partial charge in [0, 0.05) is 18.5 Å². The van der Waals surface area contributed by atoms with Gasteiger partial charge < -0.3 is 5.32 Å². The summed E-state index contributed by atoms with van der Waals surface area (Å²) < 4.78 is 1.22. The molecular weight excluding hydrogens is 278 g/mol. The molecule has 0 radical (unpaired) electrons. The molecule has 22 heavy (non-hydrogen) atoms. The molecule has 0 aliphatic rings. The van der Waals surface area contributed by atoms with E-state index in [-0.39, 0.29) is 17.5 Å². The van der Waals surface area contributed by atoms with Gasteiger partial charge in [-0.2, -0.15) is 5.10 Å². The zero-order valence-electron chi connectivity index (χ0n) is 13.6. The fraction of sp³-hybridized carbons (Fsp3) is 0.471. The number of aromatic nitrogens is 2. The molecule has 1 N–H and O–H groups in total. The average Bonchev–Trinajstić information content (AvgIpc) is 2.48. The van der Waals surface area contributed by atoms with Gasteiger partial charge in [-0.25, -0.2) is 4.68 Å². The van der Waals surface area contributed by atoms with E-state index < -0.39 is 0 Å². The maximum Gasteiger partial charge on any atom is 0.274 e. The topological polar surface area (TPSA) is 64.0 Å². The van der Waals surface area contributed by atoms with E-state index in [1.54, 1.807) is 25.2 Å². The SMILES string of the molecule is CC(C)CC[C@H](C)NC(=O)c1nn(C)c(=O)c2ccccc12. The van der Waals surface area contributed by atoms with Crippen LogP contribution in [0.25, 0.3) is 10.8 Å². The number of benzene rings is 1. The Kier molecular flexibility index (Phi) is 4.96. The van der Waals surface area contributed by atoms with Crippen LogP contribution >= 0.6 is 0 Å². The second-order valence-corrected chi connectivity index (χ2v) is 6.17. The van der Waals surface area contributed by atoms with Gasteiger partial charge in [-0.1, -0.05) is 32.0 Å². The van der Waals surface area contributed by atoms with Crippen LogP contribution < -0.4 is 10.9 Å². The Morgan fingerprint density at radius 2 is 1.82 bits per heavy atom. The molecular formula is C17H23N3O2. The predicted octanol–water partition coefficient (Wildman–Crippen LogP) is 2.49. The minimum atomic E-state index is -0.233. The number of nitrogens with zero attached hydrogens (tertiary/aromatic N) is 2. The summed E-state index contributed by atoms with van der Waals surface area (Å²) in [5, 5.41) is 8.23. The Hall–Kier alpha value is -2.17.